The van der Waals surface area contributed by atoms with Crippen LogP contribution in [0.25, 0.3) is 0 Å². The molecular formula is C20H19ClN4O4. The van der Waals surface area contributed by atoms with Crippen LogP contribution in [0.4, 0.5) is 11.5 Å². The molecule has 3 aromatic rings. The quantitative estimate of drug-likeness (QED) is 0.309. The Morgan fingerprint density at radius 1 is 0.931 bits per heavy atom. The van der Waals surface area contributed by atoms with E-state index in [0.29, 0.717) is 13.1 Å². The highest BCUT2D eigenvalue weighted by molar-refractivity contribution is 6.31. The number of rotatable bonds is 8. The molecule has 0 aliphatic rings. The Morgan fingerprint density at radius 3 is 1.83 bits per heavy atom. The van der Waals surface area contributed by atoms with Gasteiger partial charge in [-0.05, 0) is 35.4 Å². The molecule has 0 bridgehead atoms. The molecule has 3 rings (SSSR count). The number of nitro groups is 1. The Morgan fingerprint density at radius 2 is 1.41 bits per heavy atom. The van der Waals surface area contributed by atoms with Crippen molar-refractivity contribution in [3.63, 3.8) is 0 Å². The lowest BCUT2D eigenvalue weighted by Gasteiger charge is -2.24. The summed E-state index contributed by atoms with van der Waals surface area (Å²) in [5.74, 6) is 1.61. The number of anilines is 1. The third kappa shape index (κ3) is 4.91. The summed E-state index contributed by atoms with van der Waals surface area (Å²) in [6.07, 6.45) is 1.22. The van der Waals surface area contributed by atoms with Gasteiger partial charge in [0.25, 0.3) is 0 Å². The van der Waals surface area contributed by atoms with Crippen LogP contribution in [-0.2, 0) is 13.1 Å². The average Bonchev–Trinajstić information content (AvgIpc) is 2.74. The van der Waals surface area contributed by atoms with Crippen molar-refractivity contribution >= 4 is 23.1 Å². The Kier molecular flexibility index (Phi) is 6.46. The maximum Gasteiger partial charge on any atom is 0.348 e. The first-order valence-electron chi connectivity index (χ1n) is 8.67. The summed E-state index contributed by atoms with van der Waals surface area (Å²) in [4.78, 5) is 20.7. The van der Waals surface area contributed by atoms with Crippen molar-refractivity contribution < 1.29 is 14.4 Å². The molecule has 0 spiro atoms. The number of hydrogen-bond acceptors (Lipinski definition) is 7. The van der Waals surface area contributed by atoms with Crippen molar-refractivity contribution in [2.75, 3.05) is 19.1 Å². The van der Waals surface area contributed by atoms with Gasteiger partial charge in [-0.25, -0.2) is 9.97 Å². The van der Waals surface area contributed by atoms with Crippen molar-refractivity contribution in [2.24, 2.45) is 0 Å². The molecule has 0 saturated heterocycles. The van der Waals surface area contributed by atoms with E-state index < -0.39 is 4.92 Å². The van der Waals surface area contributed by atoms with E-state index in [1.54, 1.807) is 19.1 Å². The number of hydrogen-bond donors (Lipinski definition) is 0. The highest BCUT2D eigenvalue weighted by Gasteiger charge is 2.26. The van der Waals surface area contributed by atoms with Crippen LogP contribution in [0.3, 0.4) is 0 Å². The summed E-state index contributed by atoms with van der Waals surface area (Å²) in [5, 5.41) is 11.4. The van der Waals surface area contributed by atoms with Crippen molar-refractivity contribution in [3.05, 3.63) is 81.3 Å². The van der Waals surface area contributed by atoms with Crippen LogP contribution in [0.2, 0.25) is 5.15 Å². The molecule has 9 heteroatoms. The Bertz CT molecular complexity index is 931. The first-order valence-corrected chi connectivity index (χ1v) is 9.05. The number of nitrogens with zero attached hydrogens (tertiary/aromatic N) is 4. The fraction of sp³-hybridized carbons (Fsp3) is 0.200. The largest absolute Gasteiger partial charge is 0.497 e. The molecule has 0 N–H and O–H groups in total. The van der Waals surface area contributed by atoms with Gasteiger partial charge in [0.05, 0.1) is 19.1 Å². The highest BCUT2D eigenvalue weighted by atomic mass is 35.5. The molecule has 8 nitrogen and oxygen atoms in total. The van der Waals surface area contributed by atoms with Crippen molar-refractivity contribution in [1.29, 1.82) is 0 Å². The van der Waals surface area contributed by atoms with E-state index in [-0.39, 0.29) is 16.7 Å². The molecule has 0 aliphatic heterocycles. The third-order valence-electron chi connectivity index (χ3n) is 4.31. The summed E-state index contributed by atoms with van der Waals surface area (Å²) >= 11 is 6.00. The summed E-state index contributed by atoms with van der Waals surface area (Å²) in [5.41, 5.74) is 1.54. The molecule has 29 heavy (non-hydrogen) atoms. The average molecular weight is 415 g/mol. The molecule has 1 heterocycles. The van der Waals surface area contributed by atoms with Crippen LogP contribution in [0.5, 0.6) is 11.5 Å². The second kappa shape index (κ2) is 9.20. The fourth-order valence-corrected chi connectivity index (χ4v) is 3.04. The zero-order chi connectivity index (χ0) is 20.8. The second-order valence-corrected chi connectivity index (χ2v) is 6.50. The van der Waals surface area contributed by atoms with Crippen molar-refractivity contribution in [1.82, 2.24) is 9.97 Å². The minimum absolute atomic E-state index is 0.154. The maximum atomic E-state index is 11.6. The molecule has 0 aliphatic carbocycles. The van der Waals surface area contributed by atoms with Crippen molar-refractivity contribution in [3.8, 4) is 11.5 Å². The Hall–Kier alpha value is -3.39. The lowest BCUT2D eigenvalue weighted by molar-refractivity contribution is -0.384. The highest BCUT2D eigenvalue weighted by Crippen LogP contribution is 2.33. The van der Waals surface area contributed by atoms with Gasteiger partial charge >= 0.3 is 5.69 Å². The zero-order valence-corrected chi connectivity index (χ0v) is 16.7. The van der Waals surface area contributed by atoms with Gasteiger partial charge in [0.2, 0.25) is 11.0 Å². The normalized spacial score (nSPS) is 10.4. The van der Waals surface area contributed by atoms with Gasteiger partial charge in [-0.3, -0.25) is 10.1 Å². The summed E-state index contributed by atoms with van der Waals surface area (Å²) in [7, 11) is 3.19. The van der Waals surface area contributed by atoms with Crippen LogP contribution in [0.15, 0.2) is 54.9 Å². The molecular weight excluding hydrogens is 396 g/mol. The topological polar surface area (TPSA) is 90.6 Å². The summed E-state index contributed by atoms with van der Waals surface area (Å²) in [6.45, 7) is 0.758. The number of ether oxygens (including phenoxy) is 2. The molecule has 0 unspecified atom stereocenters. The summed E-state index contributed by atoms with van der Waals surface area (Å²) < 4.78 is 10.4. The van der Waals surface area contributed by atoms with Gasteiger partial charge in [-0.2, -0.15) is 0 Å². The zero-order valence-electron chi connectivity index (χ0n) is 15.9. The predicted octanol–water partition coefficient (Wildman–Crippen LogP) is 4.26. The smallest absolute Gasteiger partial charge is 0.348 e. The maximum absolute atomic E-state index is 11.6. The molecule has 0 saturated carbocycles. The lowest BCUT2D eigenvalue weighted by Crippen LogP contribution is -2.24. The van der Waals surface area contributed by atoms with E-state index >= 15 is 0 Å². The van der Waals surface area contributed by atoms with Gasteiger partial charge in [0.1, 0.15) is 17.8 Å². The van der Waals surface area contributed by atoms with E-state index in [9.17, 15) is 10.1 Å². The predicted molar refractivity (Wildman–Crippen MR) is 110 cm³/mol. The number of halogens is 1. The molecule has 1 aromatic heterocycles. The molecule has 2 aromatic carbocycles. The Balaban J connectivity index is 1.98. The number of aromatic nitrogens is 2. The Labute approximate surface area is 172 Å². The van der Waals surface area contributed by atoms with Gasteiger partial charge < -0.3 is 14.4 Å². The van der Waals surface area contributed by atoms with Gasteiger partial charge in [0, 0.05) is 13.1 Å². The SMILES string of the molecule is COc1ccc(CN(Cc2ccc(OC)cc2)c2ncnc(Cl)c2[N+](=O)[O-])cc1. The van der Waals surface area contributed by atoms with E-state index in [0.717, 1.165) is 22.6 Å². The van der Waals surface area contributed by atoms with Gasteiger partial charge in [-0.1, -0.05) is 35.9 Å². The van der Waals surface area contributed by atoms with Gasteiger partial charge in [0.15, 0.2) is 0 Å². The first kappa shape index (κ1) is 20.3. The minimum Gasteiger partial charge on any atom is -0.497 e. The fourth-order valence-electron chi connectivity index (χ4n) is 2.85. The van der Waals surface area contributed by atoms with Crippen LogP contribution in [-0.4, -0.2) is 29.1 Å². The second-order valence-electron chi connectivity index (χ2n) is 6.15. The monoisotopic (exact) mass is 414 g/mol. The first-order chi connectivity index (χ1) is 14.0. The third-order valence-corrected chi connectivity index (χ3v) is 4.58. The van der Waals surface area contributed by atoms with Crippen molar-refractivity contribution in [2.45, 2.75) is 13.1 Å². The number of methoxy groups -OCH3 is 2. The molecule has 0 amide bonds. The van der Waals surface area contributed by atoms with Gasteiger partial charge in [-0.15, -0.1) is 0 Å². The molecule has 0 atom stereocenters. The molecule has 0 radical (unpaired) electrons. The standard InChI is InChI=1S/C20H19ClN4O4/c1-28-16-7-3-14(4-8-16)11-24(12-15-5-9-17(29-2)10-6-15)20-18(25(26)27)19(21)22-13-23-20/h3-10,13H,11-12H2,1-2H3. The minimum atomic E-state index is -0.563. The van der Waals surface area contributed by atoms with E-state index in [2.05, 4.69) is 9.97 Å². The molecule has 150 valence electrons. The van der Waals surface area contributed by atoms with Crippen LogP contribution in [0, 0.1) is 10.1 Å². The van der Waals surface area contributed by atoms with Crippen LogP contribution in [0.1, 0.15) is 11.1 Å². The number of benzene rings is 2. The van der Waals surface area contributed by atoms with E-state index in [4.69, 9.17) is 21.1 Å². The lowest BCUT2D eigenvalue weighted by atomic mass is 10.1. The van der Waals surface area contributed by atoms with E-state index in [1.807, 2.05) is 48.5 Å². The summed E-state index contributed by atoms with van der Waals surface area (Å²) in [6, 6.07) is 14.9. The van der Waals surface area contributed by atoms with Crippen LogP contribution >= 0.6 is 11.6 Å². The van der Waals surface area contributed by atoms with Crippen LogP contribution < -0.4 is 14.4 Å². The van der Waals surface area contributed by atoms with E-state index in [1.165, 1.54) is 6.33 Å². The molecule has 0 fully saturated rings.